The highest BCUT2D eigenvalue weighted by Crippen LogP contribution is 2.37. The van der Waals surface area contributed by atoms with Crippen molar-refractivity contribution in [3.8, 4) is 0 Å². The predicted octanol–water partition coefficient (Wildman–Crippen LogP) is 3.05. The van der Waals surface area contributed by atoms with Gasteiger partial charge in [-0.05, 0) is 53.2 Å². The first-order valence-corrected chi connectivity index (χ1v) is 8.90. The van der Waals surface area contributed by atoms with Gasteiger partial charge < -0.3 is 14.2 Å². The number of carbonyl (C=O) groups excluding carboxylic acids is 1. The van der Waals surface area contributed by atoms with Crippen molar-refractivity contribution in [2.75, 3.05) is 13.1 Å². The van der Waals surface area contributed by atoms with Crippen LogP contribution in [0.1, 0.15) is 47.1 Å². The minimum absolute atomic E-state index is 0.113. The van der Waals surface area contributed by atoms with Crippen molar-refractivity contribution in [3.05, 3.63) is 28.8 Å². The van der Waals surface area contributed by atoms with E-state index in [0.29, 0.717) is 24.5 Å². The van der Waals surface area contributed by atoms with Gasteiger partial charge in [0.2, 0.25) is 5.91 Å². The summed E-state index contributed by atoms with van der Waals surface area (Å²) in [6, 6.07) is 5.62. The average Bonchev–Trinajstić information content (AvgIpc) is 2.70. The molecular weight excluding hydrogens is 324 g/mol. The molecule has 1 saturated heterocycles. The van der Waals surface area contributed by atoms with Crippen molar-refractivity contribution in [1.82, 2.24) is 4.90 Å². The largest absolute Gasteiger partial charge is 0.496 e. The minimum Gasteiger partial charge on any atom is -0.399 e. The number of nitrogens with zero attached hydrogens (tertiary/aromatic N) is 1. The van der Waals surface area contributed by atoms with E-state index in [1.165, 1.54) is 0 Å². The van der Waals surface area contributed by atoms with Gasteiger partial charge in [0.05, 0.1) is 17.6 Å². The summed E-state index contributed by atoms with van der Waals surface area (Å²) >= 11 is 6.36. The van der Waals surface area contributed by atoms with Crippen LogP contribution in [-0.4, -0.2) is 42.2 Å². The number of halogens is 1. The van der Waals surface area contributed by atoms with Crippen LogP contribution in [0, 0.1) is 0 Å². The summed E-state index contributed by atoms with van der Waals surface area (Å²) in [5.41, 5.74) is 0.850. The lowest BCUT2D eigenvalue weighted by molar-refractivity contribution is -0.130. The highest BCUT2D eigenvalue weighted by atomic mass is 35.5. The van der Waals surface area contributed by atoms with Gasteiger partial charge in [-0.2, -0.15) is 0 Å². The van der Waals surface area contributed by atoms with Crippen LogP contribution in [0.2, 0.25) is 5.02 Å². The predicted molar refractivity (Wildman–Crippen MR) is 98.8 cm³/mol. The van der Waals surface area contributed by atoms with Crippen LogP contribution in [0.5, 0.6) is 0 Å². The van der Waals surface area contributed by atoms with Gasteiger partial charge in [0.25, 0.3) is 0 Å². The van der Waals surface area contributed by atoms with Gasteiger partial charge in [-0.1, -0.05) is 23.7 Å². The van der Waals surface area contributed by atoms with E-state index in [2.05, 4.69) is 0 Å². The van der Waals surface area contributed by atoms with E-state index in [9.17, 15) is 4.79 Å². The highest BCUT2D eigenvalue weighted by molar-refractivity contribution is 6.65. The normalized spacial score (nSPS) is 18.7. The minimum atomic E-state index is -0.522. The van der Waals surface area contributed by atoms with Crippen LogP contribution >= 0.6 is 11.6 Å². The Morgan fingerprint density at radius 2 is 1.67 bits per heavy atom. The van der Waals surface area contributed by atoms with E-state index in [1.807, 2.05) is 64.6 Å². The lowest BCUT2D eigenvalue weighted by atomic mass is 9.78. The molecule has 1 fully saturated rings. The molecule has 0 saturated carbocycles. The topological polar surface area (TPSA) is 38.8 Å². The number of likely N-dealkylation sites (N-methyl/N-ethyl adjacent to an activating group) is 1. The average molecular weight is 352 g/mol. The number of hydrogen-bond acceptors (Lipinski definition) is 3. The third-order valence-corrected chi connectivity index (χ3v) is 5.38. The van der Waals surface area contributed by atoms with Crippen LogP contribution in [0.4, 0.5) is 0 Å². The molecule has 0 N–H and O–H groups in total. The molecule has 1 aliphatic heterocycles. The monoisotopic (exact) mass is 351 g/mol. The Bertz CT molecular complexity index is 598. The van der Waals surface area contributed by atoms with Crippen LogP contribution in [0.15, 0.2) is 18.2 Å². The maximum Gasteiger partial charge on any atom is 0.496 e. The van der Waals surface area contributed by atoms with Crippen LogP contribution in [-0.2, 0) is 20.5 Å². The zero-order valence-corrected chi connectivity index (χ0v) is 16.2. The summed E-state index contributed by atoms with van der Waals surface area (Å²) in [6.07, 6.45) is 0.353. The Labute approximate surface area is 150 Å². The van der Waals surface area contributed by atoms with Crippen molar-refractivity contribution in [3.63, 3.8) is 0 Å². The number of amides is 1. The van der Waals surface area contributed by atoms with E-state index in [4.69, 9.17) is 20.9 Å². The molecule has 1 amide bonds. The second kappa shape index (κ2) is 7.07. The molecule has 0 aliphatic carbocycles. The molecule has 1 aliphatic rings. The van der Waals surface area contributed by atoms with Gasteiger partial charge in [-0.15, -0.1) is 0 Å². The van der Waals surface area contributed by atoms with Crippen molar-refractivity contribution in [2.24, 2.45) is 0 Å². The number of rotatable bonds is 5. The molecule has 0 aromatic heterocycles. The van der Waals surface area contributed by atoms with Gasteiger partial charge in [0, 0.05) is 23.6 Å². The van der Waals surface area contributed by atoms with Crippen molar-refractivity contribution < 1.29 is 14.1 Å². The first kappa shape index (κ1) is 19.3. The van der Waals surface area contributed by atoms with Crippen LogP contribution < -0.4 is 5.46 Å². The van der Waals surface area contributed by atoms with E-state index < -0.39 is 18.3 Å². The SMILES string of the molecule is CCN(CC)C(=O)Cc1ccc(Cl)c(B2OC(C)(C)C(C)(C)O2)c1. The van der Waals surface area contributed by atoms with Gasteiger partial charge in [-0.25, -0.2) is 0 Å². The third kappa shape index (κ3) is 3.79. The summed E-state index contributed by atoms with van der Waals surface area (Å²) in [5, 5.41) is 0.590. The lowest BCUT2D eigenvalue weighted by Gasteiger charge is -2.32. The van der Waals surface area contributed by atoms with Crippen molar-refractivity contribution in [1.29, 1.82) is 0 Å². The molecule has 6 heteroatoms. The van der Waals surface area contributed by atoms with E-state index in [1.54, 1.807) is 0 Å². The number of carbonyl (C=O) groups is 1. The fourth-order valence-electron chi connectivity index (χ4n) is 2.72. The molecule has 4 nitrogen and oxygen atoms in total. The Balaban J connectivity index is 2.23. The molecule has 0 radical (unpaired) electrons. The zero-order valence-electron chi connectivity index (χ0n) is 15.5. The fraction of sp³-hybridized carbons (Fsp3) is 0.611. The first-order chi connectivity index (χ1) is 11.1. The van der Waals surface area contributed by atoms with Gasteiger partial charge in [-0.3, -0.25) is 4.79 Å². The molecule has 0 unspecified atom stereocenters. The quantitative estimate of drug-likeness (QED) is 0.765. The van der Waals surface area contributed by atoms with Gasteiger partial charge in [0.15, 0.2) is 0 Å². The summed E-state index contributed by atoms with van der Waals surface area (Å²) in [4.78, 5) is 14.2. The van der Waals surface area contributed by atoms with E-state index in [0.717, 1.165) is 11.0 Å². The number of benzene rings is 1. The Morgan fingerprint density at radius 3 is 2.17 bits per heavy atom. The molecule has 1 aromatic rings. The maximum atomic E-state index is 12.3. The van der Waals surface area contributed by atoms with Gasteiger partial charge >= 0.3 is 7.12 Å². The highest BCUT2D eigenvalue weighted by Gasteiger charge is 2.52. The second-order valence-corrected chi connectivity index (χ2v) is 7.59. The van der Waals surface area contributed by atoms with Crippen LogP contribution in [0.25, 0.3) is 0 Å². The molecule has 0 bridgehead atoms. The molecule has 1 heterocycles. The zero-order chi connectivity index (χ0) is 18.1. The summed E-state index contributed by atoms with van der Waals surface area (Å²) in [7, 11) is -0.522. The lowest BCUT2D eigenvalue weighted by Crippen LogP contribution is -2.41. The molecule has 2 rings (SSSR count). The fourth-order valence-corrected chi connectivity index (χ4v) is 2.92. The molecular formula is C18H27BClNO3. The Kier molecular flexibility index (Phi) is 5.68. The van der Waals surface area contributed by atoms with Crippen molar-refractivity contribution >= 4 is 30.1 Å². The van der Waals surface area contributed by atoms with Crippen LogP contribution in [0.3, 0.4) is 0 Å². The maximum absolute atomic E-state index is 12.3. The van der Waals surface area contributed by atoms with Crippen molar-refractivity contribution in [2.45, 2.75) is 59.2 Å². The number of hydrogen-bond donors (Lipinski definition) is 0. The molecule has 0 atom stereocenters. The Hall–Kier alpha value is -1.04. The van der Waals surface area contributed by atoms with E-state index in [-0.39, 0.29) is 5.91 Å². The van der Waals surface area contributed by atoms with E-state index >= 15 is 0 Å². The summed E-state index contributed by atoms with van der Waals surface area (Å²) < 4.78 is 12.2. The summed E-state index contributed by atoms with van der Waals surface area (Å²) in [6.45, 7) is 13.4. The third-order valence-electron chi connectivity index (χ3n) is 5.04. The first-order valence-electron chi connectivity index (χ1n) is 8.53. The standard InChI is InChI=1S/C18H27BClNO3/c1-7-21(8-2)16(22)12-13-9-10-15(20)14(11-13)19-23-17(3,4)18(5,6)24-19/h9-11H,7-8,12H2,1-6H3. The second-order valence-electron chi connectivity index (χ2n) is 7.19. The molecule has 0 spiro atoms. The Morgan fingerprint density at radius 1 is 1.12 bits per heavy atom. The molecule has 132 valence electrons. The summed E-state index contributed by atoms with van der Waals surface area (Å²) in [5.74, 6) is 0.113. The molecule has 1 aromatic carbocycles. The molecule has 24 heavy (non-hydrogen) atoms. The smallest absolute Gasteiger partial charge is 0.399 e. The van der Waals surface area contributed by atoms with Gasteiger partial charge in [0.1, 0.15) is 0 Å².